The van der Waals surface area contributed by atoms with E-state index in [1.165, 1.54) is 6.07 Å². The van der Waals surface area contributed by atoms with E-state index in [4.69, 9.17) is 5.26 Å². The summed E-state index contributed by atoms with van der Waals surface area (Å²) in [5, 5.41) is 8.22. The molecule has 0 aromatic rings. The van der Waals surface area contributed by atoms with Crippen molar-refractivity contribution in [1.82, 2.24) is 0 Å². The van der Waals surface area contributed by atoms with Gasteiger partial charge >= 0.3 is 6.18 Å². The van der Waals surface area contributed by atoms with Gasteiger partial charge in [-0.15, -0.1) is 0 Å². The summed E-state index contributed by atoms with van der Waals surface area (Å²) in [6.07, 6.45) is -6.87. The average Bonchev–Trinajstić information content (AvgIpc) is 2.29. The number of Topliss-reactive ketones (excluding diaryl/α,β-unsaturated/α-hetero) is 1. The Bertz CT molecular complexity index is 242. The molecule has 0 radical (unpaired) electrons. The molecule has 2 atom stereocenters. The van der Waals surface area contributed by atoms with Gasteiger partial charge in [0, 0.05) is 0 Å². The first-order valence-corrected chi connectivity index (χ1v) is 3.07. The Morgan fingerprint density at radius 3 is 2.50 bits per heavy atom. The highest BCUT2D eigenvalue weighted by Crippen LogP contribution is 2.32. The van der Waals surface area contributed by atoms with Gasteiger partial charge in [0.15, 0.2) is 11.9 Å². The number of ether oxygens (including phenoxy) is 1. The molecule has 1 saturated heterocycles. The first-order chi connectivity index (χ1) is 5.46. The van der Waals surface area contributed by atoms with E-state index >= 15 is 0 Å². The van der Waals surface area contributed by atoms with Crippen molar-refractivity contribution in [3.05, 3.63) is 0 Å². The zero-order valence-electron chi connectivity index (χ0n) is 5.76. The van der Waals surface area contributed by atoms with E-state index in [9.17, 15) is 18.0 Å². The molecule has 1 aliphatic rings. The summed E-state index contributed by atoms with van der Waals surface area (Å²) in [6.45, 7) is -0.623. The van der Waals surface area contributed by atoms with Gasteiger partial charge in [-0.25, -0.2) is 0 Å². The van der Waals surface area contributed by atoms with Crippen LogP contribution >= 0.6 is 0 Å². The van der Waals surface area contributed by atoms with Crippen molar-refractivity contribution >= 4 is 5.78 Å². The summed E-state index contributed by atoms with van der Waals surface area (Å²) in [7, 11) is 0. The molecule has 0 spiro atoms. The summed E-state index contributed by atoms with van der Waals surface area (Å²) in [5.74, 6) is -2.50. The van der Waals surface area contributed by atoms with Crippen LogP contribution in [0.3, 0.4) is 0 Å². The van der Waals surface area contributed by atoms with Crippen molar-refractivity contribution in [2.75, 3.05) is 6.61 Å². The largest absolute Gasteiger partial charge is 0.416 e. The van der Waals surface area contributed by atoms with Gasteiger partial charge in [-0.3, -0.25) is 4.79 Å². The van der Waals surface area contributed by atoms with E-state index in [2.05, 4.69) is 4.74 Å². The number of carbonyl (C=O) groups excluding carboxylic acids is 1. The van der Waals surface area contributed by atoms with Crippen molar-refractivity contribution < 1.29 is 22.7 Å². The highest BCUT2D eigenvalue weighted by molar-refractivity contribution is 5.86. The maximum Gasteiger partial charge on any atom is 0.416 e. The standard InChI is InChI=1S/C6H4F3NO2/c7-6(8,9)5-3(1-10)4(11)2-12-5/h3,5H,2H2. The minimum Gasteiger partial charge on any atom is -0.359 e. The van der Waals surface area contributed by atoms with Crippen LogP contribution in [0.1, 0.15) is 0 Å². The van der Waals surface area contributed by atoms with Crippen LogP contribution in [0.15, 0.2) is 0 Å². The number of nitrogens with zero attached hydrogens (tertiary/aromatic N) is 1. The molecule has 66 valence electrons. The lowest BCUT2D eigenvalue weighted by atomic mass is 10.0. The van der Waals surface area contributed by atoms with Crippen LogP contribution in [0.5, 0.6) is 0 Å². The molecule has 12 heavy (non-hydrogen) atoms. The Hall–Kier alpha value is -1.09. The summed E-state index contributed by atoms with van der Waals surface area (Å²) in [5.41, 5.74) is 0. The molecule has 2 unspecified atom stereocenters. The van der Waals surface area contributed by atoms with Gasteiger partial charge < -0.3 is 4.74 Å². The lowest BCUT2D eigenvalue weighted by Crippen LogP contribution is -2.34. The van der Waals surface area contributed by atoms with Crippen molar-refractivity contribution in [2.45, 2.75) is 12.3 Å². The molecule has 1 heterocycles. The third kappa shape index (κ3) is 1.41. The SMILES string of the molecule is N#CC1C(=O)COC1C(F)(F)F. The van der Waals surface area contributed by atoms with Crippen LogP contribution in [0.25, 0.3) is 0 Å². The monoisotopic (exact) mass is 179 g/mol. The van der Waals surface area contributed by atoms with Gasteiger partial charge in [0.05, 0.1) is 6.07 Å². The minimum absolute atomic E-state index is 0.623. The van der Waals surface area contributed by atoms with Gasteiger partial charge in [-0.2, -0.15) is 18.4 Å². The molecule has 0 aliphatic carbocycles. The van der Waals surface area contributed by atoms with Crippen molar-refractivity contribution in [2.24, 2.45) is 5.92 Å². The summed E-state index contributed by atoms with van der Waals surface area (Å²) in [6, 6.07) is 1.28. The summed E-state index contributed by atoms with van der Waals surface area (Å²) in [4.78, 5) is 10.6. The Morgan fingerprint density at radius 2 is 2.17 bits per heavy atom. The van der Waals surface area contributed by atoms with Gasteiger partial charge in [0.1, 0.15) is 12.5 Å². The van der Waals surface area contributed by atoms with Crippen molar-refractivity contribution in [1.29, 1.82) is 5.26 Å². The zero-order valence-corrected chi connectivity index (χ0v) is 5.76. The fourth-order valence-corrected chi connectivity index (χ4v) is 0.950. The first kappa shape index (κ1) is 9.00. The number of alkyl halides is 3. The first-order valence-electron chi connectivity index (χ1n) is 3.07. The number of ketones is 1. The molecule has 0 saturated carbocycles. The molecule has 0 amide bonds. The van der Waals surface area contributed by atoms with Crippen LogP contribution in [-0.2, 0) is 9.53 Å². The Kier molecular flexibility index (Phi) is 2.06. The Balaban J connectivity index is 2.82. The molecule has 1 aliphatic heterocycles. The quantitative estimate of drug-likeness (QED) is 0.548. The number of rotatable bonds is 0. The molecule has 1 fully saturated rings. The Labute approximate surface area is 65.7 Å². The second-order valence-electron chi connectivity index (χ2n) is 2.35. The average molecular weight is 179 g/mol. The number of hydrogen-bond acceptors (Lipinski definition) is 3. The second-order valence-corrected chi connectivity index (χ2v) is 2.35. The molecular weight excluding hydrogens is 175 g/mol. The predicted octanol–water partition coefficient (Wildman–Crippen LogP) is 0.656. The molecule has 0 aromatic carbocycles. The number of carbonyl (C=O) groups is 1. The molecule has 3 nitrogen and oxygen atoms in total. The Morgan fingerprint density at radius 1 is 1.58 bits per heavy atom. The molecule has 0 N–H and O–H groups in total. The third-order valence-corrected chi connectivity index (χ3v) is 1.52. The zero-order chi connectivity index (χ0) is 9.35. The van der Waals surface area contributed by atoms with Crippen molar-refractivity contribution in [3.8, 4) is 6.07 Å². The molecule has 0 aromatic heterocycles. The van der Waals surface area contributed by atoms with Crippen molar-refractivity contribution in [3.63, 3.8) is 0 Å². The highest BCUT2D eigenvalue weighted by atomic mass is 19.4. The fourth-order valence-electron chi connectivity index (χ4n) is 0.950. The summed E-state index contributed by atoms with van der Waals surface area (Å²) >= 11 is 0. The van der Waals surface area contributed by atoms with E-state index in [0.29, 0.717) is 0 Å². The molecule has 0 bridgehead atoms. The van der Waals surface area contributed by atoms with Gasteiger partial charge in [-0.1, -0.05) is 0 Å². The summed E-state index contributed by atoms with van der Waals surface area (Å²) < 4.78 is 40.0. The van der Waals surface area contributed by atoms with E-state index in [-0.39, 0.29) is 0 Å². The van der Waals surface area contributed by atoms with E-state index in [1.807, 2.05) is 0 Å². The van der Waals surface area contributed by atoms with Gasteiger partial charge in [0.25, 0.3) is 0 Å². The van der Waals surface area contributed by atoms with Crippen LogP contribution in [-0.4, -0.2) is 24.7 Å². The van der Waals surface area contributed by atoms with Crippen LogP contribution in [0.4, 0.5) is 13.2 Å². The van der Waals surface area contributed by atoms with Gasteiger partial charge in [0.2, 0.25) is 0 Å². The van der Waals surface area contributed by atoms with Gasteiger partial charge in [-0.05, 0) is 0 Å². The smallest absolute Gasteiger partial charge is 0.359 e. The van der Waals surface area contributed by atoms with E-state index in [1.54, 1.807) is 0 Å². The fraction of sp³-hybridized carbons (Fsp3) is 0.667. The molecule has 6 heteroatoms. The predicted molar refractivity (Wildman–Crippen MR) is 29.9 cm³/mol. The van der Waals surface area contributed by atoms with E-state index in [0.717, 1.165) is 0 Å². The minimum atomic E-state index is -4.63. The van der Waals surface area contributed by atoms with Crippen LogP contribution < -0.4 is 0 Å². The number of halogens is 3. The van der Waals surface area contributed by atoms with Crippen LogP contribution in [0.2, 0.25) is 0 Å². The van der Waals surface area contributed by atoms with Crippen LogP contribution in [0, 0.1) is 17.2 Å². The number of hydrogen-bond donors (Lipinski definition) is 0. The maximum atomic E-state index is 11.9. The lowest BCUT2D eigenvalue weighted by molar-refractivity contribution is -0.212. The lowest BCUT2D eigenvalue weighted by Gasteiger charge is -2.14. The number of nitriles is 1. The van der Waals surface area contributed by atoms with E-state index < -0.39 is 30.6 Å². The molecule has 1 rings (SSSR count). The third-order valence-electron chi connectivity index (χ3n) is 1.52. The second kappa shape index (κ2) is 2.75. The normalized spacial score (nSPS) is 30.3. The maximum absolute atomic E-state index is 11.9. The topological polar surface area (TPSA) is 50.1 Å². The highest BCUT2D eigenvalue weighted by Gasteiger charge is 2.52. The molecular formula is C6H4F3NO2.